The summed E-state index contributed by atoms with van der Waals surface area (Å²) in [6, 6.07) is 12.4. The lowest BCUT2D eigenvalue weighted by Gasteiger charge is -2.08. The van der Waals surface area contributed by atoms with Crippen molar-refractivity contribution in [3.05, 3.63) is 70.1 Å². The van der Waals surface area contributed by atoms with Gasteiger partial charge in [0.25, 0.3) is 17.4 Å². The molecule has 2 amide bonds. The SMILES string of the molecule is N#Cc1ccc(C(=O)NNC(=O)Cn2ccccc2=O)cc1. The fraction of sp³-hybridized carbons (Fsp3) is 0.0667. The molecule has 0 saturated heterocycles. The maximum absolute atomic E-state index is 11.8. The van der Waals surface area contributed by atoms with Gasteiger partial charge in [-0.3, -0.25) is 25.2 Å². The molecule has 22 heavy (non-hydrogen) atoms. The van der Waals surface area contributed by atoms with Crippen molar-refractivity contribution in [1.82, 2.24) is 15.4 Å². The summed E-state index contributed by atoms with van der Waals surface area (Å²) in [5.41, 5.74) is 4.89. The van der Waals surface area contributed by atoms with Gasteiger partial charge < -0.3 is 4.57 Å². The fourth-order valence-electron chi connectivity index (χ4n) is 1.68. The van der Waals surface area contributed by atoms with E-state index in [0.29, 0.717) is 11.1 Å². The van der Waals surface area contributed by atoms with Crippen LogP contribution in [0.15, 0.2) is 53.5 Å². The van der Waals surface area contributed by atoms with Gasteiger partial charge in [0, 0.05) is 17.8 Å². The van der Waals surface area contributed by atoms with Gasteiger partial charge in [-0.25, -0.2) is 0 Å². The molecule has 1 aromatic heterocycles. The molecule has 2 N–H and O–H groups in total. The minimum Gasteiger partial charge on any atom is -0.306 e. The van der Waals surface area contributed by atoms with Crippen LogP contribution in [0, 0.1) is 11.3 Å². The van der Waals surface area contributed by atoms with Crippen molar-refractivity contribution >= 4 is 11.8 Å². The minimum absolute atomic E-state index is 0.201. The molecule has 0 radical (unpaired) electrons. The summed E-state index contributed by atoms with van der Waals surface area (Å²) in [6.45, 7) is -0.201. The molecule has 1 heterocycles. The number of carbonyl (C=O) groups is 2. The van der Waals surface area contributed by atoms with Crippen LogP contribution in [0.3, 0.4) is 0 Å². The Hall–Kier alpha value is -3.40. The Morgan fingerprint density at radius 2 is 1.82 bits per heavy atom. The van der Waals surface area contributed by atoms with Crippen molar-refractivity contribution < 1.29 is 9.59 Å². The van der Waals surface area contributed by atoms with E-state index in [4.69, 9.17) is 5.26 Å². The molecule has 110 valence electrons. The molecular formula is C15H12N4O3. The number of benzene rings is 1. The zero-order chi connectivity index (χ0) is 15.9. The van der Waals surface area contributed by atoms with E-state index >= 15 is 0 Å². The van der Waals surface area contributed by atoms with Crippen LogP contribution in [-0.4, -0.2) is 16.4 Å². The molecule has 0 unspecified atom stereocenters. The van der Waals surface area contributed by atoms with E-state index < -0.39 is 11.8 Å². The first kappa shape index (κ1) is 15.0. The highest BCUT2D eigenvalue weighted by Crippen LogP contribution is 2.02. The normalized spacial score (nSPS) is 9.59. The van der Waals surface area contributed by atoms with Crippen LogP contribution in [0.25, 0.3) is 0 Å². The molecule has 0 bridgehead atoms. The van der Waals surface area contributed by atoms with Gasteiger partial charge in [0.2, 0.25) is 0 Å². The van der Waals surface area contributed by atoms with E-state index in [1.165, 1.54) is 41.1 Å². The molecule has 0 aliphatic heterocycles. The van der Waals surface area contributed by atoms with Gasteiger partial charge in [0.1, 0.15) is 6.54 Å². The van der Waals surface area contributed by atoms with Crippen molar-refractivity contribution in [3.63, 3.8) is 0 Å². The maximum Gasteiger partial charge on any atom is 0.269 e. The van der Waals surface area contributed by atoms with E-state index in [2.05, 4.69) is 10.9 Å². The lowest BCUT2D eigenvalue weighted by Crippen LogP contribution is -2.44. The molecule has 2 aromatic rings. The molecule has 0 aliphatic rings. The molecule has 1 aromatic carbocycles. The average Bonchev–Trinajstić information content (AvgIpc) is 2.55. The first-order valence-corrected chi connectivity index (χ1v) is 6.35. The number of nitriles is 1. The number of amides is 2. The fourth-order valence-corrected chi connectivity index (χ4v) is 1.68. The molecule has 0 aliphatic carbocycles. The largest absolute Gasteiger partial charge is 0.306 e. The zero-order valence-corrected chi connectivity index (χ0v) is 11.4. The summed E-state index contributed by atoms with van der Waals surface area (Å²) in [6.07, 6.45) is 1.48. The second kappa shape index (κ2) is 6.85. The van der Waals surface area contributed by atoms with Crippen molar-refractivity contribution in [1.29, 1.82) is 5.26 Å². The molecule has 7 nitrogen and oxygen atoms in total. The van der Waals surface area contributed by atoms with Gasteiger partial charge in [-0.2, -0.15) is 5.26 Å². The zero-order valence-electron chi connectivity index (χ0n) is 11.4. The van der Waals surface area contributed by atoms with E-state index in [-0.39, 0.29) is 12.1 Å². The first-order chi connectivity index (χ1) is 10.6. The monoisotopic (exact) mass is 296 g/mol. The number of pyridine rings is 1. The summed E-state index contributed by atoms with van der Waals surface area (Å²) in [7, 11) is 0. The summed E-state index contributed by atoms with van der Waals surface area (Å²) >= 11 is 0. The number of nitrogens with zero attached hydrogens (tertiary/aromatic N) is 2. The Kier molecular flexibility index (Phi) is 4.67. The highest BCUT2D eigenvalue weighted by molar-refractivity contribution is 5.95. The third kappa shape index (κ3) is 3.80. The van der Waals surface area contributed by atoms with Crippen LogP contribution in [0.4, 0.5) is 0 Å². The van der Waals surface area contributed by atoms with Gasteiger partial charge in [0.15, 0.2) is 0 Å². The first-order valence-electron chi connectivity index (χ1n) is 6.35. The van der Waals surface area contributed by atoms with E-state index in [0.717, 1.165) is 0 Å². The van der Waals surface area contributed by atoms with Crippen molar-refractivity contribution in [2.75, 3.05) is 0 Å². The Bertz CT molecular complexity index is 787. The quantitative estimate of drug-likeness (QED) is 0.788. The number of hydrogen-bond acceptors (Lipinski definition) is 4. The number of rotatable bonds is 3. The highest BCUT2D eigenvalue weighted by Gasteiger charge is 2.08. The summed E-state index contributed by atoms with van der Waals surface area (Å²) in [5.74, 6) is -1.05. The van der Waals surface area contributed by atoms with Crippen molar-refractivity contribution in [2.45, 2.75) is 6.54 Å². The van der Waals surface area contributed by atoms with Crippen LogP contribution < -0.4 is 16.4 Å². The second-order valence-electron chi connectivity index (χ2n) is 4.36. The van der Waals surface area contributed by atoms with Gasteiger partial charge in [-0.05, 0) is 30.3 Å². The number of nitrogens with one attached hydrogen (secondary N) is 2. The van der Waals surface area contributed by atoms with Crippen LogP contribution in [0.2, 0.25) is 0 Å². The van der Waals surface area contributed by atoms with Crippen LogP contribution in [-0.2, 0) is 11.3 Å². The van der Waals surface area contributed by atoms with E-state index in [1.807, 2.05) is 6.07 Å². The molecular weight excluding hydrogens is 284 g/mol. The maximum atomic E-state index is 11.8. The Morgan fingerprint density at radius 1 is 1.09 bits per heavy atom. The van der Waals surface area contributed by atoms with Crippen molar-refractivity contribution in [3.8, 4) is 6.07 Å². The summed E-state index contributed by atoms with van der Waals surface area (Å²) in [5, 5.41) is 8.67. The predicted molar refractivity (Wildman–Crippen MR) is 77.5 cm³/mol. The molecule has 0 fully saturated rings. The second-order valence-corrected chi connectivity index (χ2v) is 4.36. The predicted octanol–water partition coefficient (Wildman–Crippen LogP) is 0.181. The molecule has 0 saturated carbocycles. The summed E-state index contributed by atoms with van der Waals surface area (Å²) in [4.78, 5) is 34.9. The third-order valence-corrected chi connectivity index (χ3v) is 2.80. The molecule has 0 spiro atoms. The third-order valence-electron chi connectivity index (χ3n) is 2.80. The minimum atomic E-state index is -0.532. The van der Waals surface area contributed by atoms with Gasteiger partial charge in [0.05, 0.1) is 11.6 Å². The van der Waals surface area contributed by atoms with Gasteiger partial charge in [-0.15, -0.1) is 0 Å². The molecule has 2 rings (SSSR count). The highest BCUT2D eigenvalue weighted by atomic mass is 16.2. The lowest BCUT2D eigenvalue weighted by atomic mass is 10.1. The van der Waals surface area contributed by atoms with Crippen LogP contribution >= 0.6 is 0 Å². The van der Waals surface area contributed by atoms with E-state index in [9.17, 15) is 14.4 Å². The summed E-state index contributed by atoms with van der Waals surface area (Å²) < 4.78 is 1.21. The number of hydrogen-bond donors (Lipinski definition) is 2. The number of aromatic nitrogens is 1. The van der Waals surface area contributed by atoms with Crippen molar-refractivity contribution in [2.24, 2.45) is 0 Å². The van der Waals surface area contributed by atoms with Crippen LogP contribution in [0.1, 0.15) is 15.9 Å². The van der Waals surface area contributed by atoms with Crippen LogP contribution in [0.5, 0.6) is 0 Å². The average molecular weight is 296 g/mol. The topological polar surface area (TPSA) is 104 Å². The lowest BCUT2D eigenvalue weighted by molar-refractivity contribution is -0.122. The number of hydrazine groups is 1. The molecule has 7 heteroatoms. The number of carbonyl (C=O) groups excluding carboxylic acids is 2. The Labute approximate surface area is 125 Å². The smallest absolute Gasteiger partial charge is 0.269 e. The van der Waals surface area contributed by atoms with E-state index in [1.54, 1.807) is 12.1 Å². The molecule has 0 atom stereocenters. The van der Waals surface area contributed by atoms with Gasteiger partial charge >= 0.3 is 0 Å². The Morgan fingerprint density at radius 3 is 2.45 bits per heavy atom. The standard InChI is InChI=1S/C15H12N4O3/c16-9-11-4-6-12(7-5-11)15(22)18-17-13(20)10-19-8-2-1-3-14(19)21/h1-8H,10H2,(H,17,20)(H,18,22). The van der Waals surface area contributed by atoms with Gasteiger partial charge in [-0.1, -0.05) is 6.07 Å². The Balaban J connectivity index is 1.90.